The fraction of sp³-hybridized carbons (Fsp3) is 0.333. The summed E-state index contributed by atoms with van der Waals surface area (Å²) in [5.41, 5.74) is 1.70. The first-order valence-electron chi connectivity index (χ1n) is 8.08. The van der Waals surface area contributed by atoms with Crippen LogP contribution in [0.5, 0.6) is 0 Å². The molecule has 1 aliphatic rings. The van der Waals surface area contributed by atoms with Crippen LogP contribution >= 0.6 is 0 Å². The molecule has 0 bridgehead atoms. The van der Waals surface area contributed by atoms with E-state index in [1.807, 2.05) is 12.1 Å². The summed E-state index contributed by atoms with van der Waals surface area (Å²) in [5, 5.41) is 0. The van der Waals surface area contributed by atoms with E-state index in [9.17, 15) is 12.8 Å². The minimum atomic E-state index is -3.77. The number of nitrogens with one attached hydrogen (secondary N) is 1. The van der Waals surface area contributed by atoms with E-state index in [1.165, 1.54) is 23.8 Å². The van der Waals surface area contributed by atoms with Crippen LogP contribution < -0.4 is 4.72 Å². The van der Waals surface area contributed by atoms with E-state index in [0.717, 1.165) is 32.1 Å². The first kappa shape index (κ1) is 16.9. The summed E-state index contributed by atoms with van der Waals surface area (Å²) in [5.74, 6) is -0.0553. The molecule has 1 saturated heterocycles. The number of nitrogens with zero attached hydrogens (tertiary/aromatic N) is 1. The lowest BCUT2D eigenvalue weighted by Crippen LogP contribution is -2.45. The van der Waals surface area contributed by atoms with E-state index in [0.29, 0.717) is 11.6 Å². The predicted molar refractivity (Wildman–Crippen MR) is 93.1 cm³/mol. The molecule has 0 unspecified atom stereocenters. The Morgan fingerprint density at radius 2 is 1.88 bits per heavy atom. The lowest BCUT2D eigenvalue weighted by atomic mass is 9.91. The van der Waals surface area contributed by atoms with Gasteiger partial charge in [0.1, 0.15) is 5.82 Å². The summed E-state index contributed by atoms with van der Waals surface area (Å²) in [6, 6.07) is 12.4. The third-order valence-electron chi connectivity index (χ3n) is 4.24. The van der Waals surface area contributed by atoms with E-state index in [-0.39, 0.29) is 4.90 Å². The molecule has 128 valence electrons. The van der Waals surface area contributed by atoms with Crippen molar-refractivity contribution < 1.29 is 12.8 Å². The van der Waals surface area contributed by atoms with Crippen LogP contribution in [0.25, 0.3) is 0 Å². The van der Waals surface area contributed by atoms with Gasteiger partial charge in [-0.15, -0.1) is 0 Å². The molecular weight excluding hydrogens is 327 g/mol. The number of benzene rings is 2. The van der Waals surface area contributed by atoms with E-state index in [4.69, 9.17) is 0 Å². The third kappa shape index (κ3) is 3.76. The normalized spacial score (nSPS) is 15.9. The zero-order valence-electron chi connectivity index (χ0n) is 13.6. The summed E-state index contributed by atoms with van der Waals surface area (Å²) in [6.07, 6.45) is 1.16. The summed E-state index contributed by atoms with van der Waals surface area (Å²) in [7, 11) is -3.77. The van der Waals surface area contributed by atoms with Crippen molar-refractivity contribution in [1.82, 2.24) is 4.90 Å². The number of halogens is 1. The zero-order chi connectivity index (χ0) is 17.2. The molecule has 1 fully saturated rings. The molecule has 2 aromatic rings. The van der Waals surface area contributed by atoms with Crippen LogP contribution in [-0.4, -0.2) is 33.0 Å². The van der Waals surface area contributed by atoms with Crippen molar-refractivity contribution in [1.29, 1.82) is 0 Å². The van der Waals surface area contributed by atoms with Gasteiger partial charge in [-0.25, -0.2) is 12.8 Å². The molecule has 0 amide bonds. The van der Waals surface area contributed by atoms with Crippen LogP contribution in [0.3, 0.4) is 0 Å². The molecule has 0 atom stereocenters. The molecule has 3 rings (SSSR count). The monoisotopic (exact) mass is 348 g/mol. The molecule has 0 radical (unpaired) electrons. The van der Waals surface area contributed by atoms with E-state index < -0.39 is 15.8 Å². The van der Waals surface area contributed by atoms with Crippen molar-refractivity contribution >= 4 is 15.7 Å². The second kappa shape index (κ2) is 6.91. The van der Waals surface area contributed by atoms with Gasteiger partial charge in [-0.05, 0) is 48.9 Å². The van der Waals surface area contributed by atoms with Gasteiger partial charge in [0, 0.05) is 24.7 Å². The fourth-order valence-electron chi connectivity index (χ4n) is 2.95. The topological polar surface area (TPSA) is 49.4 Å². The van der Waals surface area contributed by atoms with Gasteiger partial charge in [-0.3, -0.25) is 4.72 Å². The van der Waals surface area contributed by atoms with Gasteiger partial charge in [0.25, 0.3) is 10.0 Å². The maximum atomic E-state index is 13.2. The Kier molecular flexibility index (Phi) is 4.87. The molecule has 1 aliphatic heterocycles. The highest BCUT2D eigenvalue weighted by Gasteiger charge is 2.27. The number of rotatable bonds is 6. The zero-order valence-corrected chi connectivity index (χ0v) is 14.4. The van der Waals surface area contributed by atoms with Crippen molar-refractivity contribution in [2.75, 3.05) is 24.4 Å². The standard InChI is InChI=1S/C18H21FN2O2S/c1-2-10-21-12-15(13-21)14-6-8-17(9-7-14)20-24(22,23)18-5-3-4-16(19)11-18/h3-9,11,15,20H,2,10,12-13H2,1H3. The molecule has 0 saturated carbocycles. The van der Waals surface area contributed by atoms with Crippen molar-refractivity contribution in [3.05, 3.63) is 59.9 Å². The SMILES string of the molecule is CCCN1CC(c2ccc(NS(=O)(=O)c3cccc(F)c3)cc2)C1. The first-order chi connectivity index (χ1) is 11.5. The quantitative estimate of drug-likeness (QED) is 0.870. The molecule has 0 spiro atoms. The largest absolute Gasteiger partial charge is 0.302 e. The van der Waals surface area contributed by atoms with Crippen molar-refractivity contribution in [2.45, 2.75) is 24.2 Å². The van der Waals surface area contributed by atoms with Crippen molar-refractivity contribution in [3.8, 4) is 0 Å². The number of anilines is 1. The third-order valence-corrected chi connectivity index (χ3v) is 5.62. The number of likely N-dealkylation sites (tertiary alicyclic amines) is 1. The molecule has 0 aromatic heterocycles. The number of hydrogen-bond acceptors (Lipinski definition) is 3. The van der Waals surface area contributed by atoms with Crippen LogP contribution in [0.1, 0.15) is 24.8 Å². The molecule has 1 heterocycles. The average Bonchev–Trinajstić information content (AvgIpc) is 2.51. The maximum absolute atomic E-state index is 13.2. The predicted octanol–water partition coefficient (Wildman–Crippen LogP) is 3.44. The fourth-order valence-corrected chi connectivity index (χ4v) is 4.04. The van der Waals surface area contributed by atoms with Crippen LogP contribution in [0, 0.1) is 5.82 Å². The molecule has 1 N–H and O–H groups in total. The molecule has 2 aromatic carbocycles. The van der Waals surface area contributed by atoms with E-state index in [2.05, 4.69) is 16.5 Å². The molecule has 24 heavy (non-hydrogen) atoms. The van der Waals surface area contributed by atoms with Crippen LogP contribution in [0.4, 0.5) is 10.1 Å². The highest BCUT2D eigenvalue weighted by atomic mass is 32.2. The summed E-state index contributed by atoms with van der Waals surface area (Å²) >= 11 is 0. The second-order valence-electron chi connectivity index (χ2n) is 6.14. The van der Waals surface area contributed by atoms with E-state index in [1.54, 1.807) is 12.1 Å². The highest BCUT2D eigenvalue weighted by molar-refractivity contribution is 7.92. The number of hydrogen-bond donors (Lipinski definition) is 1. The first-order valence-corrected chi connectivity index (χ1v) is 9.57. The Labute approximate surface area is 142 Å². The lowest BCUT2D eigenvalue weighted by Gasteiger charge is -2.39. The Bertz CT molecular complexity index is 800. The Morgan fingerprint density at radius 3 is 2.50 bits per heavy atom. The number of sulfonamides is 1. The maximum Gasteiger partial charge on any atom is 0.261 e. The van der Waals surface area contributed by atoms with Gasteiger partial charge in [-0.2, -0.15) is 0 Å². The van der Waals surface area contributed by atoms with Gasteiger partial charge in [-0.1, -0.05) is 25.1 Å². The Hall–Kier alpha value is -1.92. The highest BCUT2D eigenvalue weighted by Crippen LogP contribution is 2.28. The molecule has 6 heteroatoms. The van der Waals surface area contributed by atoms with Gasteiger partial charge in [0.2, 0.25) is 0 Å². The van der Waals surface area contributed by atoms with Gasteiger partial charge >= 0.3 is 0 Å². The summed E-state index contributed by atoms with van der Waals surface area (Å²) in [4.78, 5) is 2.33. The van der Waals surface area contributed by atoms with Crippen LogP contribution in [0.15, 0.2) is 53.4 Å². The molecule has 0 aliphatic carbocycles. The minimum absolute atomic E-state index is 0.0826. The molecular formula is C18H21FN2O2S. The summed E-state index contributed by atoms with van der Waals surface area (Å²) in [6.45, 7) is 5.42. The van der Waals surface area contributed by atoms with Crippen LogP contribution in [0.2, 0.25) is 0 Å². The minimum Gasteiger partial charge on any atom is -0.302 e. The Balaban J connectivity index is 1.66. The average molecular weight is 348 g/mol. The van der Waals surface area contributed by atoms with Crippen molar-refractivity contribution in [3.63, 3.8) is 0 Å². The smallest absolute Gasteiger partial charge is 0.261 e. The van der Waals surface area contributed by atoms with Crippen molar-refractivity contribution in [2.24, 2.45) is 0 Å². The van der Waals surface area contributed by atoms with Gasteiger partial charge in [0.05, 0.1) is 4.90 Å². The van der Waals surface area contributed by atoms with Gasteiger partial charge < -0.3 is 4.90 Å². The van der Waals surface area contributed by atoms with Gasteiger partial charge in [0.15, 0.2) is 0 Å². The van der Waals surface area contributed by atoms with E-state index >= 15 is 0 Å². The molecule has 4 nitrogen and oxygen atoms in total. The lowest BCUT2D eigenvalue weighted by molar-refractivity contribution is 0.149. The Morgan fingerprint density at radius 1 is 1.17 bits per heavy atom. The summed E-state index contributed by atoms with van der Waals surface area (Å²) < 4.78 is 40.2. The second-order valence-corrected chi connectivity index (χ2v) is 7.82. The van der Waals surface area contributed by atoms with Crippen LogP contribution in [-0.2, 0) is 10.0 Å².